The van der Waals surface area contributed by atoms with Crippen LogP contribution in [0.1, 0.15) is 5.69 Å². The van der Waals surface area contributed by atoms with Crippen molar-refractivity contribution in [3.05, 3.63) is 90.5 Å². The highest BCUT2D eigenvalue weighted by Gasteiger charge is 2.16. The third kappa shape index (κ3) is 2.50. The smallest absolute Gasteiger partial charge is 0.138 e. The van der Waals surface area contributed by atoms with E-state index in [2.05, 4.69) is 59.0 Å². The first kappa shape index (κ1) is 16.7. The van der Waals surface area contributed by atoms with E-state index in [0.29, 0.717) is 0 Å². The first-order valence-electron chi connectivity index (χ1n) is 9.01. The maximum absolute atomic E-state index is 7.18. The molecule has 0 bridgehead atoms. The molecule has 0 unspecified atom stereocenters. The van der Waals surface area contributed by atoms with Crippen LogP contribution in [-0.2, 0) is 0 Å². The normalized spacial score (nSPS) is 11.7. The van der Waals surface area contributed by atoms with Gasteiger partial charge in [0.25, 0.3) is 0 Å². The third-order valence-corrected chi connectivity index (χ3v) is 5.88. The molecule has 5 rings (SSSR count). The minimum absolute atomic E-state index is 0.785. The minimum Gasteiger partial charge on any atom is -0.309 e. The van der Waals surface area contributed by atoms with Gasteiger partial charge in [-0.25, -0.2) is 4.98 Å². The second-order valence-corrected chi connectivity index (χ2v) is 7.50. The van der Waals surface area contributed by atoms with Crippen molar-refractivity contribution in [1.82, 2.24) is 9.55 Å². The molecule has 3 aromatic heterocycles. The number of benzene rings is 2. The fourth-order valence-electron chi connectivity index (χ4n) is 3.69. The summed E-state index contributed by atoms with van der Waals surface area (Å²) in [5, 5.41) is 13.0. The van der Waals surface area contributed by atoms with Crippen molar-refractivity contribution in [2.45, 2.75) is 0 Å². The Morgan fingerprint density at radius 1 is 1.00 bits per heavy atom. The molecular formula is C24H17N3S. The van der Waals surface area contributed by atoms with Gasteiger partial charge in [-0.15, -0.1) is 11.3 Å². The number of para-hydroxylation sites is 1. The van der Waals surface area contributed by atoms with E-state index in [9.17, 15) is 0 Å². The van der Waals surface area contributed by atoms with Gasteiger partial charge in [-0.2, -0.15) is 0 Å². The number of allylic oxidation sites excluding steroid dienone is 3. The molecule has 0 spiro atoms. The Bertz CT molecular complexity index is 1400. The van der Waals surface area contributed by atoms with Crippen molar-refractivity contribution in [2.24, 2.45) is 0 Å². The van der Waals surface area contributed by atoms with Crippen molar-refractivity contribution < 1.29 is 0 Å². The molecule has 134 valence electrons. The Kier molecular flexibility index (Phi) is 3.92. The molecule has 0 atom stereocenters. The number of rotatable bonds is 4. The molecule has 0 radical (unpaired) electrons. The molecule has 1 N–H and O–H groups in total. The molecular weight excluding hydrogens is 362 g/mol. The molecule has 3 nitrogen and oxygen atoms in total. The van der Waals surface area contributed by atoms with Crippen LogP contribution in [-0.4, -0.2) is 15.8 Å². The van der Waals surface area contributed by atoms with Crippen LogP contribution in [0.5, 0.6) is 0 Å². The van der Waals surface area contributed by atoms with Crippen LogP contribution >= 0.6 is 11.3 Å². The van der Waals surface area contributed by atoms with Crippen LogP contribution in [0.25, 0.3) is 43.3 Å². The lowest BCUT2D eigenvalue weighted by molar-refractivity contribution is 1.07. The third-order valence-electron chi connectivity index (χ3n) is 4.94. The van der Waals surface area contributed by atoms with E-state index in [1.165, 1.54) is 32.6 Å². The van der Waals surface area contributed by atoms with Crippen LogP contribution in [0.2, 0.25) is 0 Å². The zero-order chi connectivity index (χ0) is 19.1. The molecule has 0 amide bonds. The van der Waals surface area contributed by atoms with E-state index in [4.69, 9.17) is 10.4 Å². The Labute approximate surface area is 166 Å². The first-order chi connectivity index (χ1) is 13.8. The lowest BCUT2D eigenvalue weighted by atomic mass is 10.1. The maximum Gasteiger partial charge on any atom is 0.138 e. The predicted molar refractivity (Wildman–Crippen MR) is 121 cm³/mol. The Balaban J connectivity index is 1.85. The van der Waals surface area contributed by atoms with E-state index in [1.807, 2.05) is 24.3 Å². The zero-order valence-corrected chi connectivity index (χ0v) is 15.9. The van der Waals surface area contributed by atoms with Crippen LogP contribution in [0.3, 0.4) is 0 Å². The zero-order valence-electron chi connectivity index (χ0n) is 15.1. The van der Waals surface area contributed by atoms with Crippen molar-refractivity contribution in [2.75, 3.05) is 0 Å². The van der Waals surface area contributed by atoms with Gasteiger partial charge in [-0.3, -0.25) is 4.57 Å². The summed E-state index contributed by atoms with van der Waals surface area (Å²) in [6.07, 6.45) is 4.71. The van der Waals surface area contributed by atoms with Crippen LogP contribution < -0.4 is 0 Å². The highest BCUT2D eigenvalue weighted by atomic mass is 32.1. The van der Waals surface area contributed by atoms with Crippen molar-refractivity contribution in [3.63, 3.8) is 0 Å². The van der Waals surface area contributed by atoms with Gasteiger partial charge in [0.05, 0.1) is 21.4 Å². The van der Waals surface area contributed by atoms with Crippen molar-refractivity contribution in [3.8, 4) is 5.82 Å². The van der Waals surface area contributed by atoms with Gasteiger partial charge >= 0.3 is 0 Å². The van der Waals surface area contributed by atoms with Crippen molar-refractivity contribution >= 4 is 55.0 Å². The van der Waals surface area contributed by atoms with Crippen LogP contribution in [0, 0.1) is 5.41 Å². The minimum atomic E-state index is 0.785. The lowest BCUT2D eigenvalue weighted by Gasteiger charge is -2.09. The molecule has 28 heavy (non-hydrogen) atoms. The Morgan fingerprint density at radius 3 is 2.79 bits per heavy atom. The number of fused-ring (bicyclic) bond motifs is 5. The number of hydrogen-bond donors (Lipinski definition) is 1. The molecule has 0 saturated carbocycles. The molecule has 0 fully saturated rings. The summed E-state index contributed by atoms with van der Waals surface area (Å²) in [5.41, 5.74) is 3.93. The highest BCUT2D eigenvalue weighted by molar-refractivity contribution is 7.18. The van der Waals surface area contributed by atoms with Gasteiger partial charge in [-0.1, -0.05) is 49.1 Å². The average molecular weight is 379 g/mol. The molecule has 2 aromatic carbocycles. The molecule has 4 heteroatoms. The summed E-state index contributed by atoms with van der Waals surface area (Å²) in [5.74, 6) is 0.869. The number of pyridine rings is 1. The number of thiophene rings is 1. The SMILES string of the molecule is C=C(/C=C\C=N)c1cccc(-n2c3ccccc3c3ccc4ccsc4c32)n1. The van der Waals surface area contributed by atoms with Crippen LogP contribution in [0.15, 0.2) is 84.8 Å². The van der Waals surface area contributed by atoms with Gasteiger partial charge in [0.1, 0.15) is 5.82 Å². The van der Waals surface area contributed by atoms with E-state index in [-0.39, 0.29) is 0 Å². The number of aromatic nitrogens is 2. The summed E-state index contributed by atoms with van der Waals surface area (Å²) in [7, 11) is 0. The molecule has 0 saturated heterocycles. The first-order valence-corrected chi connectivity index (χ1v) is 9.89. The predicted octanol–water partition coefficient (Wildman–Crippen LogP) is 6.61. The van der Waals surface area contributed by atoms with Gasteiger partial charge in [0, 0.05) is 17.0 Å². The summed E-state index contributed by atoms with van der Waals surface area (Å²) >= 11 is 1.76. The molecule has 0 aliphatic carbocycles. The van der Waals surface area contributed by atoms with Gasteiger partial charge < -0.3 is 5.41 Å². The summed E-state index contributed by atoms with van der Waals surface area (Å²) < 4.78 is 3.52. The second kappa shape index (κ2) is 6.59. The largest absolute Gasteiger partial charge is 0.309 e. The van der Waals surface area contributed by atoms with E-state index in [0.717, 1.165) is 22.6 Å². The standard InChI is InChI=1S/C24H17N3S/c1-16(6-5-14-25)20-8-4-10-22(26-20)27-21-9-3-2-7-18(21)19-12-11-17-13-15-28-24(17)23(19)27/h2-15,25H,1H2/b6-5-,25-14?. The van der Waals surface area contributed by atoms with Gasteiger partial charge in [-0.05, 0) is 46.7 Å². The van der Waals surface area contributed by atoms with E-state index in [1.54, 1.807) is 17.4 Å². The summed E-state index contributed by atoms with van der Waals surface area (Å²) in [6.45, 7) is 4.09. The summed E-state index contributed by atoms with van der Waals surface area (Å²) in [4.78, 5) is 4.90. The second-order valence-electron chi connectivity index (χ2n) is 6.59. The summed E-state index contributed by atoms with van der Waals surface area (Å²) in [6, 6.07) is 21.0. The monoisotopic (exact) mass is 379 g/mol. The quantitative estimate of drug-likeness (QED) is 0.277. The Hall–Kier alpha value is -3.50. The highest BCUT2D eigenvalue weighted by Crippen LogP contribution is 2.38. The van der Waals surface area contributed by atoms with E-state index >= 15 is 0 Å². The molecule has 0 aliphatic heterocycles. The fraction of sp³-hybridized carbons (Fsp3) is 0. The van der Waals surface area contributed by atoms with E-state index < -0.39 is 0 Å². The number of nitrogens with one attached hydrogen (secondary N) is 1. The Morgan fingerprint density at radius 2 is 1.89 bits per heavy atom. The number of nitrogens with zero attached hydrogens (tertiary/aromatic N) is 2. The molecule has 0 aliphatic rings. The lowest BCUT2D eigenvalue weighted by Crippen LogP contribution is -1.99. The van der Waals surface area contributed by atoms with Gasteiger partial charge in [0.15, 0.2) is 0 Å². The number of hydrogen-bond acceptors (Lipinski definition) is 3. The fourth-order valence-corrected chi connectivity index (χ4v) is 4.62. The van der Waals surface area contributed by atoms with Crippen molar-refractivity contribution in [1.29, 1.82) is 5.41 Å². The van der Waals surface area contributed by atoms with Crippen LogP contribution in [0.4, 0.5) is 0 Å². The molecule has 3 heterocycles. The average Bonchev–Trinajstić information content (AvgIpc) is 3.34. The topological polar surface area (TPSA) is 41.7 Å². The maximum atomic E-state index is 7.18. The van der Waals surface area contributed by atoms with Gasteiger partial charge in [0.2, 0.25) is 0 Å². The molecule has 5 aromatic rings.